The molecule has 0 saturated carbocycles. The van der Waals surface area contributed by atoms with Crippen LogP contribution in [0.2, 0.25) is 0 Å². The molecule has 6 nitrogen and oxygen atoms in total. The zero-order chi connectivity index (χ0) is 16.0. The van der Waals surface area contributed by atoms with Crippen LogP contribution in [0.5, 0.6) is 0 Å². The Morgan fingerprint density at radius 2 is 1.91 bits per heavy atom. The van der Waals surface area contributed by atoms with E-state index in [-0.39, 0.29) is 4.91 Å². The molecule has 1 saturated heterocycles. The van der Waals surface area contributed by atoms with E-state index in [0.717, 1.165) is 5.56 Å². The summed E-state index contributed by atoms with van der Waals surface area (Å²) in [7, 11) is -3.84. The predicted molar refractivity (Wildman–Crippen MR) is 84.6 cm³/mol. The molecule has 120 valence electrons. The Hall–Kier alpha value is -1.86. The van der Waals surface area contributed by atoms with Crippen LogP contribution >= 0.6 is 0 Å². The number of carbonyl (C=O) groups excluding carboxylic acids is 1. The molecule has 1 aromatic rings. The first-order valence-electron chi connectivity index (χ1n) is 7.18. The van der Waals surface area contributed by atoms with E-state index >= 15 is 0 Å². The summed E-state index contributed by atoms with van der Waals surface area (Å²) >= 11 is 0. The van der Waals surface area contributed by atoms with Crippen molar-refractivity contribution in [2.45, 2.75) is 13.3 Å². The highest BCUT2D eigenvalue weighted by molar-refractivity contribution is 7.94. The molecule has 1 N–H and O–H groups in total. The van der Waals surface area contributed by atoms with Gasteiger partial charge in [0.2, 0.25) is 0 Å². The Labute approximate surface area is 130 Å². The number of nitrogens with zero attached hydrogens (tertiary/aromatic N) is 1. The molecule has 1 fully saturated rings. The summed E-state index contributed by atoms with van der Waals surface area (Å²) in [5.74, 6) is 0. The quantitative estimate of drug-likeness (QED) is 0.916. The highest BCUT2D eigenvalue weighted by atomic mass is 32.2. The number of hydrogen-bond acceptors (Lipinski definition) is 4. The number of morpholine rings is 1. The fourth-order valence-electron chi connectivity index (χ4n) is 2.12. The fourth-order valence-corrected chi connectivity index (χ4v) is 3.28. The van der Waals surface area contributed by atoms with Gasteiger partial charge in [0.1, 0.15) is 0 Å². The van der Waals surface area contributed by atoms with Crippen molar-refractivity contribution in [2.75, 3.05) is 26.3 Å². The number of urea groups is 1. The van der Waals surface area contributed by atoms with E-state index in [0.29, 0.717) is 32.7 Å². The van der Waals surface area contributed by atoms with Crippen LogP contribution in [0.4, 0.5) is 4.79 Å². The summed E-state index contributed by atoms with van der Waals surface area (Å²) in [6.45, 7) is 3.38. The first kappa shape index (κ1) is 16.5. The van der Waals surface area contributed by atoms with E-state index < -0.39 is 16.1 Å². The summed E-state index contributed by atoms with van der Waals surface area (Å²) in [5.41, 5.74) is 0.781. The molecule has 2 rings (SSSR count). The van der Waals surface area contributed by atoms with Crippen LogP contribution in [0.25, 0.3) is 6.08 Å². The van der Waals surface area contributed by atoms with Crippen molar-refractivity contribution >= 4 is 22.1 Å². The minimum Gasteiger partial charge on any atom is -0.378 e. The van der Waals surface area contributed by atoms with Crippen molar-refractivity contribution in [3.63, 3.8) is 0 Å². The number of benzene rings is 1. The Morgan fingerprint density at radius 3 is 2.50 bits per heavy atom. The van der Waals surface area contributed by atoms with Gasteiger partial charge in [-0.25, -0.2) is 17.9 Å². The highest BCUT2D eigenvalue weighted by Gasteiger charge is 2.24. The van der Waals surface area contributed by atoms with E-state index in [1.54, 1.807) is 13.0 Å². The van der Waals surface area contributed by atoms with Crippen LogP contribution in [-0.4, -0.2) is 45.7 Å². The molecule has 2 amide bonds. The second kappa shape index (κ2) is 7.42. The molecule has 7 heteroatoms. The summed E-state index contributed by atoms with van der Waals surface area (Å²) in [4.78, 5) is 13.7. The van der Waals surface area contributed by atoms with Crippen LogP contribution in [-0.2, 0) is 14.8 Å². The van der Waals surface area contributed by atoms with E-state index in [9.17, 15) is 13.2 Å². The van der Waals surface area contributed by atoms with Crippen molar-refractivity contribution < 1.29 is 17.9 Å². The van der Waals surface area contributed by atoms with Gasteiger partial charge in [-0.3, -0.25) is 0 Å². The van der Waals surface area contributed by atoms with Gasteiger partial charge in [-0.2, -0.15) is 0 Å². The van der Waals surface area contributed by atoms with Gasteiger partial charge in [0.25, 0.3) is 10.0 Å². The zero-order valence-electron chi connectivity index (χ0n) is 12.5. The lowest BCUT2D eigenvalue weighted by atomic mass is 10.2. The third-order valence-electron chi connectivity index (χ3n) is 3.34. The lowest BCUT2D eigenvalue weighted by molar-refractivity contribution is 0.0545. The number of carbonyl (C=O) groups is 1. The molecular formula is C15H20N2O4S. The molecule has 1 aromatic carbocycles. The average Bonchev–Trinajstić information content (AvgIpc) is 2.54. The maximum Gasteiger partial charge on any atom is 0.331 e. The minimum absolute atomic E-state index is 0.181. The van der Waals surface area contributed by atoms with Crippen molar-refractivity contribution in [1.82, 2.24) is 9.62 Å². The molecule has 0 atom stereocenters. The van der Waals surface area contributed by atoms with Gasteiger partial charge in [0.15, 0.2) is 0 Å². The van der Waals surface area contributed by atoms with Gasteiger partial charge >= 0.3 is 6.03 Å². The summed E-state index contributed by atoms with van der Waals surface area (Å²) in [6, 6.07) is 8.55. The monoisotopic (exact) mass is 324 g/mol. The number of sulfonamides is 1. The topological polar surface area (TPSA) is 75.7 Å². The minimum atomic E-state index is -3.84. The number of nitrogens with one attached hydrogen (secondary N) is 1. The largest absolute Gasteiger partial charge is 0.378 e. The highest BCUT2D eigenvalue weighted by Crippen LogP contribution is 2.15. The van der Waals surface area contributed by atoms with Crippen molar-refractivity contribution in [3.05, 3.63) is 40.8 Å². The molecule has 0 aromatic heterocycles. The lowest BCUT2D eigenvalue weighted by Crippen LogP contribution is -2.48. The third-order valence-corrected chi connectivity index (χ3v) is 4.88. The second-order valence-electron chi connectivity index (χ2n) is 4.88. The summed E-state index contributed by atoms with van der Waals surface area (Å²) in [5, 5.41) is 0. The Morgan fingerprint density at radius 1 is 1.27 bits per heavy atom. The van der Waals surface area contributed by atoms with Crippen molar-refractivity contribution in [1.29, 1.82) is 0 Å². The van der Waals surface area contributed by atoms with E-state index in [2.05, 4.69) is 4.72 Å². The van der Waals surface area contributed by atoms with Gasteiger partial charge in [0.05, 0.1) is 18.1 Å². The van der Waals surface area contributed by atoms with E-state index in [1.165, 1.54) is 4.90 Å². The standard InChI is InChI=1S/C15H20N2O4S/c1-2-14(12-13-6-4-3-5-7-13)22(19,20)16-15(18)17-8-10-21-11-9-17/h3-7,12H,2,8-11H2,1H3,(H,16,18). The van der Waals surface area contributed by atoms with Crippen LogP contribution in [0.3, 0.4) is 0 Å². The molecule has 22 heavy (non-hydrogen) atoms. The number of amides is 2. The van der Waals surface area contributed by atoms with Gasteiger partial charge < -0.3 is 9.64 Å². The van der Waals surface area contributed by atoms with Crippen LogP contribution in [0.15, 0.2) is 35.2 Å². The fraction of sp³-hybridized carbons (Fsp3) is 0.400. The first-order chi connectivity index (χ1) is 10.5. The number of hydrogen-bond donors (Lipinski definition) is 1. The van der Waals surface area contributed by atoms with Crippen LogP contribution in [0, 0.1) is 0 Å². The molecule has 1 aliphatic heterocycles. The first-order valence-corrected chi connectivity index (χ1v) is 8.66. The number of allylic oxidation sites excluding steroid dienone is 1. The normalized spacial score (nSPS) is 16.4. The van der Waals surface area contributed by atoms with Gasteiger partial charge in [-0.1, -0.05) is 37.3 Å². The maximum atomic E-state index is 12.4. The Kier molecular flexibility index (Phi) is 5.57. The molecule has 1 heterocycles. The molecule has 0 spiro atoms. The van der Waals surface area contributed by atoms with Gasteiger partial charge in [0, 0.05) is 13.1 Å². The molecule has 0 radical (unpaired) electrons. The number of rotatable bonds is 4. The summed E-state index contributed by atoms with van der Waals surface area (Å²) < 4.78 is 32.0. The second-order valence-corrected chi connectivity index (χ2v) is 6.62. The third kappa shape index (κ3) is 4.32. The smallest absolute Gasteiger partial charge is 0.331 e. The van der Waals surface area contributed by atoms with Crippen LogP contribution < -0.4 is 4.72 Å². The van der Waals surface area contributed by atoms with E-state index in [4.69, 9.17) is 4.74 Å². The zero-order valence-corrected chi connectivity index (χ0v) is 13.3. The molecule has 1 aliphatic rings. The maximum absolute atomic E-state index is 12.4. The van der Waals surface area contributed by atoms with Gasteiger partial charge in [-0.05, 0) is 18.1 Å². The molecule has 0 bridgehead atoms. The average molecular weight is 324 g/mol. The predicted octanol–water partition coefficient (Wildman–Crippen LogP) is 1.81. The summed E-state index contributed by atoms with van der Waals surface area (Å²) in [6.07, 6.45) is 1.88. The van der Waals surface area contributed by atoms with Crippen molar-refractivity contribution in [2.24, 2.45) is 0 Å². The Balaban J connectivity index is 2.13. The SMILES string of the molecule is CCC(=Cc1ccccc1)S(=O)(=O)NC(=O)N1CCOCC1. The molecule has 0 aliphatic carbocycles. The molecule has 0 unspecified atom stereocenters. The lowest BCUT2D eigenvalue weighted by Gasteiger charge is -2.26. The van der Waals surface area contributed by atoms with E-state index in [1.807, 2.05) is 30.3 Å². The van der Waals surface area contributed by atoms with Crippen molar-refractivity contribution in [3.8, 4) is 0 Å². The molecular weight excluding hydrogens is 304 g/mol. The van der Waals surface area contributed by atoms with Crippen LogP contribution in [0.1, 0.15) is 18.9 Å². The Bertz CT molecular complexity index is 635. The number of ether oxygens (including phenoxy) is 1. The van der Waals surface area contributed by atoms with Gasteiger partial charge in [-0.15, -0.1) is 0 Å².